The van der Waals surface area contributed by atoms with Gasteiger partial charge < -0.3 is 4.74 Å². The van der Waals surface area contributed by atoms with Gasteiger partial charge in [0, 0.05) is 15.6 Å². The van der Waals surface area contributed by atoms with Crippen LogP contribution in [0.5, 0.6) is 0 Å². The number of hydrogen-bond donors (Lipinski definition) is 0. The third kappa shape index (κ3) is 3.04. The first-order valence-electron chi connectivity index (χ1n) is 7.57. The van der Waals surface area contributed by atoms with Crippen molar-refractivity contribution in [2.45, 2.75) is 0 Å². The van der Waals surface area contributed by atoms with Gasteiger partial charge in [-0.25, -0.2) is 9.79 Å². The van der Waals surface area contributed by atoms with Gasteiger partial charge in [-0.2, -0.15) is 0 Å². The minimum absolute atomic E-state index is 0.201. The molecule has 0 fully saturated rings. The van der Waals surface area contributed by atoms with Crippen LogP contribution in [-0.2, 0) is 9.53 Å². The molecule has 1 heterocycles. The summed E-state index contributed by atoms with van der Waals surface area (Å²) in [6.45, 7) is 0. The summed E-state index contributed by atoms with van der Waals surface area (Å²) in [6.07, 6.45) is 1.60. The zero-order valence-corrected chi connectivity index (χ0v) is 14.4. The van der Waals surface area contributed by atoms with Crippen molar-refractivity contribution >= 4 is 51.9 Å². The average molecular weight is 368 g/mol. The maximum atomic E-state index is 12.2. The number of esters is 1. The number of ether oxygens (including phenoxy) is 1. The molecule has 3 aromatic carbocycles. The van der Waals surface area contributed by atoms with Crippen molar-refractivity contribution in [3.8, 4) is 0 Å². The minimum atomic E-state index is -0.506. The molecule has 5 heteroatoms. The fourth-order valence-corrected chi connectivity index (χ4v) is 3.17. The molecular formula is C20H11Cl2NO2. The van der Waals surface area contributed by atoms with Gasteiger partial charge in [-0.15, -0.1) is 0 Å². The van der Waals surface area contributed by atoms with E-state index in [4.69, 9.17) is 27.9 Å². The van der Waals surface area contributed by atoms with Gasteiger partial charge in [-0.3, -0.25) is 0 Å². The maximum Gasteiger partial charge on any atom is 0.363 e. The number of cyclic esters (lactones) is 1. The highest BCUT2D eigenvalue weighted by Crippen LogP contribution is 2.27. The Bertz CT molecular complexity index is 1060. The van der Waals surface area contributed by atoms with Crippen molar-refractivity contribution < 1.29 is 9.53 Å². The van der Waals surface area contributed by atoms with Crippen LogP contribution in [0.15, 0.2) is 71.4 Å². The smallest absolute Gasteiger partial charge is 0.363 e. The Kier molecular flexibility index (Phi) is 4.04. The SMILES string of the molecule is O=C1OC(c2cccc3ccccc23)=NC1=Cc1ccc(Cl)cc1Cl. The Morgan fingerprint density at radius 2 is 1.76 bits per heavy atom. The maximum absolute atomic E-state index is 12.2. The normalized spacial score (nSPS) is 15.5. The van der Waals surface area contributed by atoms with Crippen LogP contribution in [0.2, 0.25) is 10.0 Å². The molecule has 0 radical (unpaired) electrons. The predicted molar refractivity (Wildman–Crippen MR) is 101 cm³/mol. The highest BCUT2D eigenvalue weighted by Gasteiger charge is 2.25. The van der Waals surface area contributed by atoms with Gasteiger partial charge in [0.2, 0.25) is 5.90 Å². The first-order valence-corrected chi connectivity index (χ1v) is 8.33. The lowest BCUT2D eigenvalue weighted by atomic mass is 10.0. The molecular weight excluding hydrogens is 357 g/mol. The zero-order chi connectivity index (χ0) is 17.4. The van der Waals surface area contributed by atoms with E-state index in [1.165, 1.54) is 0 Å². The summed E-state index contributed by atoms with van der Waals surface area (Å²) in [4.78, 5) is 16.6. The molecule has 1 aliphatic heterocycles. The minimum Gasteiger partial charge on any atom is -0.402 e. The number of carbonyl (C=O) groups excluding carboxylic acids is 1. The van der Waals surface area contributed by atoms with Crippen LogP contribution in [0.25, 0.3) is 16.8 Å². The predicted octanol–water partition coefficient (Wildman–Crippen LogP) is 5.49. The summed E-state index contributed by atoms with van der Waals surface area (Å²) < 4.78 is 5.38. The molecule has 0 amide bonds. The molecule has 0 N–H and O–H groups in total. The van der Waals surface area contributed by atoms with Crippen molar-refractivity contribution in [1.29, 1.82) is 0 Å². The number of halogens is 2. The summed E-state index contributed by atoms with van der Waals surface area (Å²) in [5.41, 5.74) is 1.63. The molecule has 0 saturated carbocycles. The molecule has 0 unspecified atom stereocenters. The Hall–Kier alpha value is -2.62. The number of rotatable bonds is 2. The van der Waals surface area contributed by atoms with Crippen molar-refractivity contribution in [1.82, 2.24) is 0 Å². The number of hydrogen-bond acceptors (Lipinski definition) is 3. The monoisotopic (exact) mass is 367 g/mol. The number of aliphatic imine (C=N–C) groups is 1. The van der Waals surface area contributed by atoms with Crippen molar-refractivity contribution in [3.63, 3.8) is 0 Å². The van der Waals surface area contributed by atoms with Crippen LogP contribution in [0.4, 0.5) is 0 Å². The second kappa shape index (κ2) is 6.36. The van der Waals surface area contributed by atoms with Crippen LogP contribution >= 0.6 is 23.2 Å². The quantitative estimate of drug-likeness (QED) is 0.443. The molecule has 3 aromatic rings. The van der Waals surface area contributed by atoms with E-state index in [9.17, 15) is 4.79 Å². The molecule has 0 aliphatic carbocycles. The van der Waals surface area contributed by atoms with Crippen LogP contribution in [-0.4, -0.2) is 11.9 Å². The van der Waals surface area contributed by atoms with Gasteiger partial charge in [0.05, 0.1) is 0 Å². The summed E-state index contributed by atoms with van der Waals surface area (Å²) >= 11 is 12.1. The van der Waals surface area contributed by atoms with Gasteiger partial charge in [0.15, 0.2) is 5.70 Å². The number of nitrogens with zero attached hydrogens (tertiary/aromatic N) is 1. The van der Waals surface area contributed by atoms with Crippen molar-refractivity contribution in [2.24, 2.45) is 4.99 Å². The molecule has 0 aromatic heterocycles. The first kappa shape index (κ1) is 15.9. The van der Waals surface area contributed by atoms with E-state index < -0.39 is 5.97 Å². The van der Waals surface area contributed by atoms with Crippen LogP contribution < -0.4 is 0 Å². The van der Waals surface area contributed by atoms with Crippen LogP contribution in [0, 0.1) is 0 Å². The molecule has 0 bridgehead atoms. The molecule has 25 heavy (non-hydrogen) atoms. The summed E-state index contributed by atoms with van der Waals surface area (Å²) in [5, 5.41) is 3.00. The fourth-order valence-electron chi connectivity index (χ4n) is 2.70. The number of fused-ring (bicyclic) bond motifs is 1. The Morgan fingerprint density at radius 1 is 0.960 bits per heavy atom. The molecule has 0 spiro atoms. The van der Waals surface area contributed by atoms with Crippen LogP contribution in [0.1, 0.15) is 11.1 Å². The lowest BCUT2D eigenvalue weighted by Crippen LogP contribution is -2.05. The molecule has 3 nitrogen and oxygen atoms in total. The van der Waals surface area contributed by atoms with E-state index in [0.717, 1.165) is 16.3 Å². The Labute approximate surface area is 154 Å². The summed E-state index contributed by atoms with van der Waals surface area (Å²) in [6, 6.07) is 18.7. The van der Waals surface area contributed by atoms with E-state index in [0.29, 0.717) is 15.6 Å². The summed E-state index contributed by atoms with van der Waals surface area (Å²) in [7, 11) is 0. The fraction of sp³-hybridized carbons (Fsp3) is 0. The molecule has 0 atom stereocenters. The molecule has 122 valence electrons. The van der Waals surface area contributed by atoms with E-state index in [2.05, 4.69) is 4.99 Å². The summed E-state index contributed by atoms with van der Waals surface area (Å²) in [5.74, 6) is -0.216. The van der Waals surface area contributed by atoms with E-state index >= 15 is 0 Å². The first-order chi connectivity index (χ1) is 12.1. The Morgan fingerprint density at radius 3 is 2.60 bits per heavy atom. The molecule has 0 saturated heterocycles. The number of carbonyl (C=O) groups is 1. The van der Waals surface area contributed by atoms with Gasteiger partial charge in [0.1, 0.15) is 0 Å². The Balaban J connectivity index is 1.79. The third-order valence-electron chi connectivity index (χ3n) is 3.90. The topological polar surface area (TPSA) is 38.7 Å². The lowest BCUT2D eigenvalue weighted by molar-refractivity contribution is -0.129. The van der Waals surface area contributed by atoms with Gasteiger partial charge in [-0.1, -0.05) is 65.7 Å². The largest absolute Gasteiger partial charge is 0.402 e. The van der Waals surface area contributed by atoms with Crippen molar-refractivity contribution in [2.75, 3.05) is 0 Å². The van der Waals surface area contributed by atoms with E-state index in [1.54, 1.807) is 24.3 Å². The third-order valence-corrected chi connectivity index (χ3v) is 4.46. The van der Waals surface area contributed by atoms with Gasteiger partial charge >= 0.3 is 5.97 Å². The van der Waals surface area contributed by atoms with Crippen molar-refractivity contribution in [3.05, 3.63) is 87.5 Å². The lowest BCUT2D eigenvalue weighted by Gasteiger charge is -2.04. The standard InChI is InChI=1S/C20H11Cl2NO2/c21-14-9-8-13(17(22)11-14)10-18-20(24)25-19(23-18)16-7-3-5-12-4-1-2-6-15(12)16/h1-11H. The van der Waals surface area contributed by atoms with E-state index in [1.807, 2.05) is 42.5 Å². The van der Waals surface area contributed by atoms with Crippen LogP contribution in [0.3, 0.4) is 0 Å². The highest BCUT2D eigenvalue weighted by molar-refractivity contribution is 6.35. The molecule has 4 rings (SSSR count). The average Bonchev–Trinajstić information content (AvgIpc) is 2.97. The second-order valence-corrected chi connectivity index (χ2v) is 6.37. The highest BCUT2D eigenvalue weighted by atomic mass is 35.5. The van der Waals surface area contributed by atoms with Gasteiger partial charge in [-0.05, 0) is 40.6 Å². The molecule has 1 aliphatic rings. The van der Waals surface area contributed by atoms with E-state index in [-0.39, 0.29) is 11.6 Å². The zero-order valence-electron chi connectivity index (χ0n) is 12.9. The number of benzene rings is 3. The second-order valence-electron chi connectivity index (χ2n) is 5.53. The van der Waals surface area contributed by atoms with Gasteiger partial charge in [0.25, 0.3) is 0 Å².